The van der Waals surface area contributed by atoms with Crippen LogP contribution < -0.4 is 11.3 Å². The number of carboxylic acids is 1. The molecule has 0 aliphatic heterocycles. The summed E-state index contributed by atoms with van der Waals surface area (Å²) in [4.78, 5) is 21.7. The number of nitrogen functional groups attached to an aromatic ring is 1. The molecule has 1 heterocycles. The lowest BCUT2D eigenvalue weighted by Crippen LogP contribution is -2.26. The van der Waals surface area contributed by atoms with E-state index in [1.54, 1.807) is 6.92 Å². The summed E-state index contributed by atoms with van der Waals surface area (Å²) in [5.41, 5.74) is 4.51. The number of aromatic nitrogens is 2. The number of carbonyl (C=O) groups is 1. The van der Waals surface area contributed by atoms with Crippen molar-refractivity contribution in [2.75, 3.05) is 5.73 Å². The van der Waals surface area contributed by atoms with E-state index in [9.17, 15) is 9.59 Å². The van der Waals surface area contributed by atoms with Crippen LogP contribution >= 0.6 is 0 Å². The Morgan fingerprint density at radius 2 is 2.38 bits per heavy atom. The van der Waals surface area contributed by atoms with E-state index in [0.29, 0.717) is 6.54 Å². The normalized spacial score (nSPS) is 9.92. The average molecular weight is 183 g/mol. The van der Waals surface area contributed by atoms with E-state index in [4.69, 9.17) is 10.8 Å². The van der Waals surface area contributed by atoms with Gasteiger partial charge in [-0.2, -0.15) is 5.10 Å². The van der Waals surface area contributed by atoms with Crippen molar-refractivity contribution in [3.8, 4) is 0 Å². The molecular weight excluding hydrogens is 174 g/mol. The molecule has 0 fully saturated rings. The van der Waals surface area contributed by atoms with Crippen LogP contribution in [0.25, 0.3) is 0 Å². The second kappa shape index (κ2) is 3.26. The third-order valence-corrected chi connectivity index (χ3v) is 1.52. The summed E-state index contributed by atoms with van der Waals surface area (Å²) in [6, 6.07) is 1.05. The number of anilines is 1. The van der Waals surface area contributed by atoms with Gasteiger partial charge in [0, 0.05) is 12.6 Å². The number of rotatable bonds is 2. The number of nitrogens with two attached hydrogens (primary N) is 1. The van der Waals surface area contributed by atoms with Crippen LogP contribution in [0.3, 0.4) is 0 Å². The molecule has 0 unspecified atom stereocenters. The molecule has 6 heteroatoms. The van der Waals surface area contributed by atoms with Crippen molar-refractivity contribution in [1.82, 2.24) is 9.78 Å². The van der Waals surface area contributed by atoms with Crippen molar-refractivity contribution in [3.05, 3.63) is 22.1 Å². The molecule has 0 amide bonds. The van der Waals surface area contributed by atoms with E-state index in [1.165, 1.54) is 0 Å². The monoisotopic (exact) mass is 183 g/mol. The summed E-state index contributed by atoms with van der Waals surface area (Å²) in [6.07, 6.45) is 0. The van der Waals surface area contributed by atoms with Crippen LogP contribution in [0, 0.1) is 0 Å². The maximum absolute atomic E-state index is 11.2. The van der Waals surface area contributed by atoms with Gasteiger partial charge in [0.15, 0.2) is 5.69 Å². The first kappa shape index (κ1) is 9.24. The lowest BCUT2D eigenvalue weighted by molar-refractivity contribution is 0.0687. The molecule has 0 saturated carbocycles. The topological polar surface area (TPSA) is 98.2 Å². The predicted octanol–water partition coefficient (Wildman–Crippen LogP) is -0.456. The highest BCUT2D eigenvalue weighted by molar-refractivity contribution is 5.85. The Morgan fingerprint density at radius 1 is 1.77 bits per heavy atom. The molecule has 0 atom stereocenters. The van der Waals surface area contributed by atoms with Crippen LogP contribution in [0.2, 0.25) is 0 Å². The Hall–Kier alpha value is -1.85. The van der Waals surface area contributed by atoms with E-state index in [1.807, 2.05) is 0 Å². The van der Waals surface area contributed by atoms with E-state index in [-0.39, 0.29) is 11.4 Å². The molecule has 13 heavy (non-hydrogen) atoms. The lowest BCUT2D eigenvalue weighted by Gasteiger charge is -2.02. The highest BCUT2D eigenvalue weighted by atomic mass is 16.4. The molecule has 1 rings (SSSR count). The van der Waals surface area contributed by atoms with Gasteiger partial charge in [-0.15, -0.1) is 0 Å². The van der Waals surface area contributed by atoms with Crippen LogP contribution in [0.15, 0.2) is 10.9 Å². The van der Waals surface area contributed by atoms with Crippen LogP contribution in [0.1, 0.15) is 17.4 Å². The standard InChI is InChI=1S/C7H9N3O3/c1-2-10-6(11)4(8)3-5(9-10)7(12)13/h3H,2,8H2,1H3,(H,12,13). The molecule has 0 saturated heterocycles. The van der Waals surface area contributed by atoms with Gasteiger partial charge in [0.1, 0.15) is 5.69 Å². The fraction of sp³-hybridized carbons (Fsp3) is 0.286. The maximum atomic E-state index is 11.2. The first-order valence-electron chi connectivity index (χ1n) is 3.67. The molecule has 0 aliphatic carbocycles. The molecule has 3 N–H and O–H groups in total. The van der Waals surface area contributed by atoms with Crippen molar-refractivity contribution >= 4 is 11.7 Å². The first-order valence-corrected chi connectivity index (χ1v) is 3.67. The molecule has 0 spiro atoms. The van der Waals surface area contributed by atoms with Crippen LogP contribution in [-0.4, -0.2) is 20.9 Å². The third-order valence-electron chi connectivity index (χ3n) is 1.52. The Balaban J connectivity index is 3.39. The number of hydrogen-bond donors (Lipinski definition) is 2. The van der Waals surface area contributed by atoms with Crippen LogP contribution in [0.5, 0.6) is 0 Å². The van der Waals surface area contributed by atoms with Gasteiger partial charge in [-0.05, 0) is 6.92 Å². The van der Waals surface area contributed by atoms with E-state index < -0.39 is 11.5 Å². The lowest BCUT2D eigenvalue weighted by atomic mass is 10.3. The van der Waals surface area contributed by atoms with Gasteiger partial charge >= 0.3 is 5.97 Å². The molecule has 1 aromatic heterocycles. The Bertz CT molecular complexity index is 396. The van der Waals surface area contributed by atoms with Crippen molar-refractivity contribution in [3.63, 3.8) is 0 Å². The second-order valence-electron chi connectivity index (χ2n) is 2.41. The van der Waals surface area contributed by atoms with Gasteiger partial charge in [0.05, 0.1) is 0 Å². The molecule has 1 aromatic rings. The molecule has 0 aromatic carbocycles. The summed E-state index contributed by atoms with van der Waals surface area (Å²) in [6.45, 7) is 1.98. The van der Waals surface area contributed by atoms with Crippen LogP contribution in [-0.2, 0) is 6.54 Å². The number of aromatic carboxylic acids is 1. The molecule has 6 nitrogen and oxygen atoms in total. The Morgan fingerprint density at radius 3 is 2.85 bits per heavy atom. The first-order chi connectivity index (χ1) is 6.06. The van der Waals surface area contributed by atoms with Crippen molar-refractivity contribution in [2.24, 2.45) is 0 Å². The highest BCUT2D eigenvalue weighted by Gasteiger charge is 2.09. The summed E-state index contributed by atoms with van der Waals surface area (Å²) in [7, 11) is 0. The zero-order valence-electron chi connectivity index (χ0n) is 7.02. The Labute approximate surface area is 73.6 Å². The smallest absolute Gasteiger partial charge is 0.356 e. The summed E-state index contributed by atoms with van der Waals surface area (Å²) in [5, 5.41) is 12.2. The minimum atomic E-state index is -1.20. The fourth-order valence-corrected chi connectivity index (χ4v) is 0.881. The van der Waals surface area contributed by atoms with Crippen molar-refractivity contribution in [2.45, 2.75) is 13.5 Å². The largest absolute Gasteiger partial charge is 0.476 e. The van der Waals surface area contributed by atoms with Gasteiger partial charge in [0.2, 0.25) is 0 Å². The van der Waals surface area contributed by atoms with Gasteiger partial charge < -0.3 is 10.8 Å². The number of hydrogen-bond acceptors (Lipinski definition) is 4. The summed E-state index contributed by atoms with van der Waals surface area (Å²) < 4.78 is 1.01. The van der Waals surface area contributed by atoms with Gasteiger partial charge in [0.25, 0.3) is 5.56 Å². The van der Waals surface area contributed by atoms with Gasteiger partial charge in [-0.1, -0.05) is 0 Å². The van der Waals surface area contributed by atoms with Gasteiger partial charge in [-0.3, -0.25) is 4.79 Å². The van der Waals surface area contributed by atoms with E-state index in [2.05, 4.69) is 5.10 Å². The molecular formula is C7H9N3O3. The number of aryl methyl sites for hydroxylation is 1. The minimum Gasteiger partial charge on any atom is -0.476 e. The zero-order valence-corrected chi connectivity index (χ0v) is 7.02. The summed E-state index contributed by atoms with van der Waals surface area (Å²) in [5.74, 6) is -1.20. The van der Waals surface area contributed by atoms with E-state index in [0.717, 1.165) is 10.7 Å². The van der Waals surface area contributed by atoms with Crippen molar-refractivity contribution < 1.29 is 9.90 Å². The summed E-state index contributed by atoms with van der Waals surface area (Å²) >= 11 is 0. The SMILES string of the molecule is CCn1nc(C(=O)O)cc(N)c1=O. The number of carboxylic acid groups (broad SMARTS) is 1. The van der Waals surface area contributed by atoms with Crippen molar-refractivity contribution in [1.29, 1.82) is 0 Å². The quantitative estimate of drug-likeness (QED) is 0.646. The number of nitrogens with zero attached hydrogens (tertiary/aromatic N) is 2. The molecule has 70 valence electrons. The maximum Gasteiger partial charge on any atom is 0.356 e. The fourth-order valence-electron chi connectivity index (χ4n) is 0.881. The predicted molar refractivity (Wildman–Crippen MR) is 45.5 cm³/mol. The van der Waals surface area contributed by atoms with Gasteiger partial charge in [-0.25, -0.2) is 9.48 Å². The average Bonchev–Trinajstić information content (AvgIpc) is 2.09. The second-order valence-corrected chi connectivity index (χ2v) is 2.41. The van der Waals surface area contributed by atoms with E-state index >= 15 is 0 Å². The minimum absolute atomic E-state index is 0.103. The highest BCUT2D eigenvalue weighted by Crippen LogP contribution is 1.97. The third kappa shape index (κ3) is 1.66. The Kier molecular flexibility index (Phi) is 2.32. The zero-order chi connectivity index (χ0) is 10.0. The molecule has 0 bridgehead atoms. The molecule has 0 aliphatic rings. The molecule has 0 radical (unpaired) electrons. The van der Waals surface area contributed by atoms with Crippen LogP contribution in [0.4, 0.5) is 5.69 Å².